The molecule has 1 aliphatic heterocycles. The number of rotatable bonds is 5. The van der Waals surface area contributed by atoms with Crippen LogP contribution in [0.15, 0.2) is 22.9 Å². The maximum absolute atomic E-state index is 12.2. The molecule has 126 valence electrons. The number of likely N-dealkylation sites (N-methyl/N-ethyl adjacent to an activating group) is 1. The van der Waals surface area contributed by atoms with Crippen molar-refractivity contribution in [2.75, 3.05) is 18.6 Å². The van der Waals surface area contributed by atoms with Crippen LogP contribution in [0.1, 0.15) is 18.9 Å². The van der Waals surface area contributed by atoms with Crippen LogP contribution < -0.4 is 0 Å². The fraction of sp³-hybridized carbons (Fsp3) is 0.467. The Morgan fingerprint density at radius 1 is 1.48 bits per heavy atom. The molecule has 1 amide bonds. The van der Waals surface area contributed by atoms with E-state index in [4.69, 9.17) is 4.74 Å². The van der Waals surface area contributed by atoms with E-state index >= 15 is 0 Å². The third kappa shape index (κ3) is 4.90. The van der Waals surface area contributed by atoms with Crippen molar-refractivity contribution in [1.82, 2.24) is 4.90 Å². The average molecular weight is 357 g/mol. The molecule has 0 radical (unpaired) electrons. The van der Waals surface area contributed by atoms with Crippen LogP contribution >= 0.6 is 11.3 Å². The third-order valence-electron chi connectivity index (χ3n) is 3.70. The Balaban J connectivity index is 1.88. The predicted octanol–water partition coefficient (Wildman–Crippen LogP) is 1.34. The van der Waals surface area contributed by atoms with E-state index in [-0.39, 0.29) is 17.5 Å². The molecule has 2 atom stereocenters. The predicted molar refractivity (Wildman–Crippen MR) is 88.7 cm³/mol. The molecule has 0 unspecified atom stereocenters. The first-order valence-corrected chi connectivity index (χ1v) is 9.93. The van der Waals surface area contributed by atoms with E-state index in [0.29, 0.717) is 6.42 Å². The SMILES string of the molecule is C[C@@H](OC(=O)/C=C/c1ccsc1)C(=O)N(C)[C@H]1CCS(=O)(=O)C1. The standard InChI is InChI=1S/C15H19NO5S2/c1-11(21-14(17)4-3-12-5-7-22-9-12)15(18)16(2)13-6-8-23(19,20)10-13/h3-5,7,9,11,13H,6,8,10H2,1-2H3/b4-3+/t11-,13+/m1/s1. The zero-order valence-corrected chi connectivity index (χ0v) is 14.6. The highest BCUT2D eigenvalue weighted by Gasteiger charge is 2.34. The monoisotopic (exact) mass is 357 g/mol. The van der Waals surface area contributed by atoms with Gasteiger partial charge in [0.2, 0.25) is 0 Å². The van der Waals surface area contributed by atoms with Gasteiger partial charge in [-0.15, -0.1) is 0 Å². The van der Waals surface area contributed by atoms with Crippen LogP contribution in [0.4, 0.5) is 0 Å². The van der Waals surface area contributed by atoms with Crippen molar-refractivity contribution in [2.24, 2.45) is 0 Å². The Hall–Kier alpha value is -1.67. The highest BCUT2D eigenvalue weighted by molar-refractivity contribution is 7.91. The summed E-state index contributed by atoms with van der Waals surface area (Å²) >= 11 is 1.51. The summed E-state index contributed by atoms with van der Waals surface area (Å²) < 4.78 is 28.0. The fourth-order valence-corrected chi connectivity index (χ4v) is 4.75. The molecule has 1 aromatic heterocycles. The van der Waals surface area contributed by atoms with Crippen molar-refractivity contribution >= 4 is 39.1 Å². The quantitative estimate of drug-likeness (QED) is 0.587. The highest BCUT2D eigenvalue weighted by Crippen LogP contribution is 2.17. The molecule has 6 nitrogen and oxygen atoms in total. The Morgan fingerprint density at radius 3 is 2.78 bits per heavy atom. The number of carbonyl (C=O) groups excluding carboxylic acids is 2. The van der Waals surface area contributed by atoms with E-state index < -0.39 is 27.8 Å². The van der Waals surface area contributed by atoms with Crippen molar-refractivity contribution in [3.05, 3.63) is 28.5 Å². The van der Waals surface area contributed by atoms with Crippen molar-refractivity contribution in [2.45, 2.75) is 25.5 Å². The van der Waals surface area contributed by atoms with Gasteiger partial charge in [0, 0.05) is 19.2 Å². The Morgan fingerprint density at radius 2 is 2.22 bits per heavy atom. The minimum absolute atomic E-state index is 0.0338. The van der Waals surface area contributed by atoms with Gasteiger partial charge in [-0.25, -0.2) is 13.2 Å². The van der Waals surface area contributed by atoms with Gasteiger partial charge in [0.25, 0.3) is 5.91 Å². The van der Waals surface area contributed by atoms with E-state index in [1.54, 1.807) is 13.1 Å². The molecule has 0 N–H and O–H groups in total. The van der Waals surface area contributed by atoms with Gasteiger partial charge in [-0.05, 0) is 41.8 Å². The number of hydrogen-bond donors (Lipinski definition) is 0. The molecule has 0 saturated carbocycles. The van der Waals surface area contributed by atoms with E-state index in [9.17, 15) is 18.0 Å². The molecule has 1 aliphatic rings. The van der Waals surface area contributed by atoms with Gasteiger partial charge in [0.15, 0.2) is 15.9 Å². The lowest BCUT2D eigenvalue weighted by Gasteiger charge is -2.26. The number of hydrogen-bond acceptors (Lipinski definition) is 6. The molecule has 2 heterocycles. The maximum atomic E-state index is 12.2. The molecule has 2 rings (SSSR count). The first-order chi connectivity index (χ1) is 10.8. The van der Waals surface area contributed by atoms with Crippen LogP contribution in [0.2, 0.25) is 0 Å². The van der Waals surface area contributed by atoms with Crippen molar-refractivity contribution in [1.29, 1.82) is 0 Å². The average Bonchev–Trinajstić information content (AvgIpc) is 3.12. The lowest BCUT2D eigenvalue weighted by molar-refractivity contribution is -0.155. The summed E-state index contributed by atoms with van der Waals surface area (Å²) in [5.41, 5.74) is 0.888. The second kappa shape index (κ2) is 7.27. The number of carbonyl (C=O) groups is 2. The first-order valence-electron chi connectivity index (χ1n) is 7.16. The zero-order chi connectivity index (χ0) is 17.0. The van der Waals surface area contributed by atoms with E-state index in [0.717, 1.165) is 5.56 Å². The fourth-order valence-electron chi connectivity index (χ4n) is 2.35. The maximum Gasteiger partial charge on any atom is 0.331 e. The van der Waals surface area contributed by atoms with Crippen LogP contribution in [-0.4, -0.2) is 55.9 Å². The van der Waals surface area contributed by atoms with Gasteiger partial charge in [-0.2, -0.15) is 11.3 Å². The number of nitrogens with zero attached hydrogens (tertiary/aromatic N) is 1. The summed E-state index contributed by atoms with van der Waals surface area (Å²) in [7, 11) is -1.53. The van der Waals surface area contributed by atoms with E-state index in [1.807, 2.05) is 16.8 Å². The van der Waals surface area contributed by atoms with Gasteiger partial charge < -0.3 is 9.64 Å². The smallest absolute Gasteiger partial charge is 0.331 e. The molecule has 0 aromatic carbocycles. The second-order valence-corrected chi connectivity index (χ2v) is 8.48. The number of ether oxygens (including phenoxy) is 1. The van der Waals surface area contributed by atoms with Gasteiger partial charge in [-0.3, -0.25) is 4.79 Å². The second-order valence-electron chi connectivity index (χ2n) is 5.48. The van der Waals surface area contributed by atoms with Crippen LogP contribution in [0.5, 0.6) is 0 Å². The summed E-state index contributed by atoms with van der Waals surface area (Å²) in [4.78, 5) is 25.3. The minimum atomic E-state index is -3.07. The molecule has 0 aliphatic carbocycles. The molecular formula is C15H19NO5S2. The lowest BCUT2D eigenvalue weighted by Crippen LogP contribution is -2.44. The van der Waals surface area contributed by atoms with Crippen LogP contribution in [0.3, 0.4) is 0 Å². The summed E-state index contributed by atoms with van der Waals surface area (Å²) in [6, 6.07) is 1.51. The Bertz CT molecular complexity index is 693. The number of sulfone groups is 1. The van der Waals surface area contributed by atoms with Gasteiger partial charge in [0.1, 0.15) is 0 Å². The van der Waals surface area contributed by atoms with E-state index in [1.165, 1.54) is 29.2 Å². The van der Waals surface area contributed by atoms with Crippen molar-refractivity contribution in [3.63, 3.8) is 0 Å². The number of esters is 1. The summed E-state index contributed by atoms with van der Waals surface area (Å²) in [5.74, 6) is -0.949. The highest BCUT2D eigenvalue weighted by atomic mass is 32.2. The molecule has 1 fully saturated rings. The molecule has 0 bridgehead atoms. The summed E-state index contributed by atoms with van der Waals surface area (Å²) in [5, 5.41) is 3.77. The third-order valence-corrected chi connectivity index (χ3v) is 6.15. The number of thiophene rings is 1. The van der Waals surface area contributed by atoms with E-state index in [2.05, 4.69) is 0 Å². The zero-order valence-electron chi connectivity index (χ0n) is 13.0. The molecule has 1 saturated heterocycles. The summed E-state index contributed by atoms with van der Waals surface area (Å²) in [6.45, 7) is 1.48. The van der Waals surface area contributed by atoms with Crippen LogP contribution in [0.25, 0.3) is 6.08 Å². The van der Waals surface area contributed by atoms with Gasteiger partial charge in [0.05, 0.1) is 11.5 Å². The van der Waals surface area contributed by atoms with Crippen molar-refractivity contribution in [3.8, 4) is 0 Å². The molecule has 0 spiro atoms. The van der Waals surface area contributed by atoms with Gasteiger partial charge >= 0.3 is 5.97 Å². The topological polar surface area (TPSA) is 80.8 Å². The minimum Gasteiger partial charge on any atom is -0.449 e. The van der Waals surface area contributed by atoms with Crippen LogP contribution in [-0.2, 0) is 24.2 Å². The van der Waals surface area contributed by atoms with Crippen LogP contribution in [0, 0.1) is 0 Å². The molecule has 23 heavy (non-hydrogen) atoms. The van der Waals surface area contributed by atoms with Crippen molar-refractivity contribution < 1.29 is 22.7 Å². The largest absolute Gasteiger partial charge is 0.449 e. The Kier molecular flexibility index (Phi) is 5.59. The number of amides is 1. The molecular weight excluding hydrogens is 338 g/mol. The summed E-state index contributed by atoms with van der Waals surface area (Å²) in [6.07, 6.45) is 2.35. The Labute approximate surface area is 139 Å². The van der Waals surface area contributed by atoms with Gasteiger partial charge in [-0.1, -0.05) is 0 Å². The molecule has 1 aromatic rings. The molecule has 8 heteroatoms. The first kappa shape index (κ1) is 17.7. The lowest BCUT2D eigenvalue weighted by atomic mass is 10.2. The normalized spacial score (nSPS) is 21.2.